The Bertz CT molecular complexity index is 753. The molecule has 1 aliphatic carbocycles. The van der Waals surface area contributed by atoms with Crippen LogP contribution in [0.15, 0.2) is 11.0 Å². The van der Waals surface area contributed by atoms with E-state index in [0.717, 1.165) is 19.3 Å². The number of pyridine rings is 1. The second-order valence-corrected chi connectivity index (χ2v) is 6.22. The van der Waals surface area contributed by atoms with E-state index in [0.29, 0.717) is 12.5 Å². The van der Waals surface area contributed by atoms with Crippen molar-refractivity contribution >= 4 is 11.9 Å². The fourth-order valence-corrected chi connectivity index (χ4v) is 4.31. The van der Waals surface area contributed by atoms with Gasteiger partial charge in [-0.1, -0.05) is 0 Å². The zero-order chi connectivity index (χ0) is 15.6. The van der Waals surface area contributed by atoms with Crippen molar-refractivity contribution in [3.8, 4) is 5.75 Å². The lowest BCUT2D eigenvalue weighted by molar-refractivity contribution is 0.0479. The van der Waals surface area contributed by atoms with Crippen molar-refractivity contribution in [2.24, 2.45) is 5.92 Å². The van der Waals surface area contributed by atoms with Crippen LogP contribution in [0.5, 0.6) is 5.75 Å². The van der Waals surface area contributed by atoms with E-state index in [1.807, 2.05) is 4.90 Å². The zero-order valence-corrected chi connectivity index (χ0v) is 12.1. The maximum Gasteiger partial charge on any atom is 0.341 e. The van der Waals surface area contributed by atoms with E-state index in [4.69, 9.17) is 4.74 Å². The van der Waals surface area contributed by atoms with Gasteiger partial charge >= 0.3 is 5.97 Å². The average molecular weight is 304 g/mol. The Morgan fingerprint density at radius 3 is 2.82 bits per heavy atom. The number of ether oxygens (including phenoxy) is 1. The monoisotopic (exact) mass is 304 g/mol. The van der Waals surface area contributed by atoms with Gasteiger partial charge in [0.05, 0.1) is 13.2 Å². The number of rotatable bonds is 2. The van der Waals surface area contributed by atoms with Gasteiger partial charge in [0.15, 0.2) is 11.4 Å². The molecule has 0 aromatic carbocycles. The van der Waals surface area contributed by atoms with Crippen LogP contribution in [0.3, 0.4) is 0 Å². The number of carboxylic acid groups (broad SMARTS) is 1. The van der Waals surface area contributed by atoms with Crippen molar-refractivity contribution in [3.05, 3.63) is 27.7 Å². The maximum absolute atomic E-state index is 12.8. The summed E-state index contributed by atoms with van der Waals surface area (Å²) in [4.78, 5) is 38.2. The van der Waals surface area contributed by atoms with Crippen LogP contribution in [-0.2, 0) is 6.54 Å². The molecule has 1 aromatic heterocycles. The summed E-state index contributed by atoms with van der Waals surface area (Å²) < 4.78 is 6.68. The summed E-state index contributed by atoms with van der Waals surface area (Å²) in [6.07, 6.45) is 4.40. The number of fused-ring (bicyclic) bond motifs is 6. The Morgan fingerprint density at radius 2 is 2.14 bits per heavy atom. The number of hydrogen-bond acceptors (Lipinski definition) is 4. The highest BCUT2D eigenvalue weighted by Crippen LogP contribution is 2.45. The van der Waals surface area contributed by atoms with Crippen LogP contribution in [0.4, 0.5) is 0 Å². The summed E-state index contributed by atoms with van der Waals surface area (Å²) in [6, 6.07) is 0.350. The van der Waals surface area contributed by atoms with Crippen LogP contribution < -0.4 is 10.2 Å². The van der Waals surface area contributed by atoms with Gasteiger partial charge in [-0.15, -0.1) is 0 Å². The summed E-state index contributed by atoms with van der Waals surface area (Å²) >= 11 is 0. The van der Waals surface area contributed by atoms with Crippen molar-refractivity contribution in [2.45, 2.75) is 37.9 Å². The zero-order valence-electron chi connectivity index (χ0n) is 12.1. The van der Waals surface area contributed by atoms with E-state index in [-0.39, 0.29) is 35.0 Å². The van der Waals surface area contributed by atoms with E-state index in [1.54, 1.807) is 4.57 Å². The smallest absolute Gasteiger partial charge is 0.341 e. The summed E-state index contributed by atoms with van der Waals surface area (Å²) in [7, 11) is 1.29. The number of carbonyl (C=O) groups is 2. The molecular weight excluding hydrogens is 288 g/mol. The Balaban J connectivity index is 1.92. The lowest BCUT2D eigenvalue weighted by atomic mass is 9.96. The Labute approximate surface area is 126 Å². The van der Waals surface area contributed by atoms with Gasteiger partial charge in [-0.3, -0.25) is 9.59 Å². The molecule has 3 atom stereocenters. The third-order valence-electron chi connectivity index (χ3n) is 5.23. The van der Waals surface area contributed by atoms with E-state index >= 15 is 0 Å². The average Bonchev–Trinajstić information content (AvgIpc) is 3.08. The number of carbonyl (C=O) groups excluding carboxylic acids is 1. The van der Waals surface area contributed by atoms with E-state index in [1.165, 1.54) is 13.3 Å². The van der Waals surface area contributed by atoms with Crippen molar-refractivity contribution in [1.82, 2.24) is 9.47 Å². The normalized spacial score (nSPS) is 28.5. The third-order valence-corrected chi connectivity index (χ3v) is 5.23. The summed E-state index contributed by atoms with van der Waals surface area (Å²) in [5, 5.41) is 9.18. The van der Waals surface area contributed by atoms with Crippen molar-refractivity contribution in [1.29, 1.82) is 0 Å². The number of methoxy groups -OCH3 is 1. The molecule has 22 heavy (non-hydrogen) atoms. The van der Waals surface area contributed by atoms with Crippen LogP contribution in [-0.4, -0.2) is 45.6 Å². The molecule has 2 aliphatic heterocycles. The van der Waals surface area contributed by atoms with Crippen LogP contribution in [0.25, 0.3) is 0 Å². The van der Waals surface area contributed by atoms with Crippen LogP contribution in [0.2, 0.25) is 0 Å². The molecule has 0 spiro atoms. The molecule has 4 rings (SSSR count). The number of amides is 1. The summed E-state index contributed by atoms with van der Waals surface area (Å²) in [5.74, 6) is -1.21. The lowest BCUT2D eigenvalue weighted by Crippen LogP contribution is -2.52. The van der Waals surface area contributed by atoms with E-state index in [2.05, 4.69) is 0 Å². The maximum atomic E-state index is 12.8. The number of aromatic nitrogens is 1. The van der Waals surface area contributed by atoms with Crippen LogP contribution >= 0.6 is 0 Å². The highest BCUT2D eigenvalue weighted by molar-refractivity contribution is 5.98. The van der Waals surface area contributed by atoms with Crippen LogP contribution in [0, 0.1) is 5.92 Å². The highest BCUT2D eigenvalue weighted by Gasteiger charge is 2.51. The molecule has 3 heterocycles. The first-order chi connectivity index (χ1) is 10.5. The number of aromatic carboxylic acids is 1. The first kappa shape index (κ1) is 13.4. The number of piperidine rings is 1. The van der Waals surface area contributed by atoms with E-state index < -0.39 is 11.4 Å². The molecule has 1 N–H and O–H groups in total. The van der Waals surface area contributed by atoms with Crippen molar-refractivity contribution in [3.63, 3.8) is 0 Å². The second-order valence-electron chi connectivity index (χ2n) is 6.22. The van der Waals surface area contributed by atoms with Gasteiger partial charge in [0.1, 0.15) is 5.56 Å². The molecule has 0 radical (unpaired) electrons. The minimum absolute atomic E-state index is 0.104. The number of nitrogens with zero attached hydrogens (tertiary/aromatic N) is 2. The molecule has 1 saturated carbocycles. The topological polar surface area (TPSA) is 88.8 Å². The van der Waals surface area contributed by atoms with Gasteiger partial charge in [0.25, 0.3) is 5.91 Å². The van der Waals surface area contributed by atoms with Gasteiger partial charge in [-0.2, -0.15) is 0 Å². The molecule has 0 unspecified atom stereocenters. The quantitative estimate of drug-likeness (QED) is 0.862. The molecule has 2 fully saturated rings. The van der Waals surface area contributed by atoms with Gasteiger partial charge in [-0.05, 0) is 25.2 Å². The molecule has 3 aliphatic rings. The van der Waals surface area contributed by atoms with Crippen molar-refractivity contribution in [2.75, 3.05) is 7.11 Å². The second kappa shape index (κ2) is 4.34. The summed E-state index contributed by atoms with van der Waals surface area (Å²) in [5.41, 5.74) is -0.913. The molecule has 116 valence electrons. The van der Waals surface area contributed by atoms with Gasteiger partial charge in [-0.25, -0.2) is 4.79 Å². The SMILES string of the molecule is COc1c2n(cc(C(=O)O)c1=O)C[C@@H]1[C@@H]3CC[C@@H](C3)N1C2=O. The van der Waals surface area contributed by atoms with Crippen LogP contribution in [0.1, 0.15) is 40.1 Å². The predicted octanol–water partition coefficient (Wildman–Crippen LogP) is 0.562. The minimum atomic E-state index is -1.30. The first-order valence-corrected chi connectivity index (χ1v) is 7.40. The Morgan fingerprint density at radius 1 is 1.36 bits per heavy atom. The molecule has 1 saturated heterocycles. The third kappa shape index (κ3) is 1.53. The fraction of sp³-hybridized carbons (Fsp3) is 0.533. The Hall–Kier alpha value is -2.31. The van der Waals surface area contributed by atoms with Crippen molar-refractivity contribution < 1.29 is 19.4 Å². The molecular formula is C15H16N2O5. The standard InChI is InChI=1S/C15H16N2O5/c1-22-13-11-14(19)17-8-3-2-7(4-8)10(17)6-16(11)5-9(12(13)18)15(20)21/h5,7-8,10H,2-4,6H2,1H3,(H,20,21)/t7-,8+,10-/m1/s1. The first-order valence-electron chi connectivity index (χ1n) is 7.40. The Kier molecular flexibility index (Phi) is 2.64. The fourth-order valence-electron chi connectivity index (χ4n) is 4.31. The minimum Gasteiger partial charge on any atom is -0.491 e. The molecule has 2 bridgehead atoms. The van der Waals surface area contributed by atoms with Gasteiger partial charge in [0, 0.05) is 18.8 Å². The molecule has 1 aromatic rings. The van der Waals surface area contributed by atoms with Gasteiger partial charge in [0.2, 0.25) is 5.43 Å². The van der Waals surface area contributed by atoms with Gasteiger partial charge < -0.3 is 19.3 Å². The van der Waals surface area contributed by atoms with E-state index in [9.17, 15) is 19.5 Å². The predicted molar refractivity (Wildman–Crippen MR) is 75.3 cm³/mol. The summed E-state index contributed by atoms with van der Waals surface area (Å²) in [6.45, 7) is 0.527. The molecule has 7 nitrogen and oxygen atoms in total. The molecule has 1 amide bonds. The number of carboxylic acids is 1. The lowest BCUT2D eigenvalue weighted by Gasteiger charge is -2.40. The highest BCUT2D eigenvalue weighted by atomic mass is 16.5. The largest absolute Gasteiger partial charge is 0.491 e. The number of hydrogen-bond donors (Lipinski definition) is 1. The molecule has 7 heteroatoms.